The molecule has 1 aliphatic heterocycles. The van der Waals surface area contributed by atoms with Gasteiger partial charge in [0, 0.05) is 11.3 Å². The monoisotopic (exact) mass is 258 g/mol. The third-order valence-corrected chi connectivity index (χ3v) is 5.02. The smallest absolute Gasteiger partial charge is 0.357 e. The van der Waals surface area contributed by atoms with Crippen LogP contribution in [-0.4, -0.2) is 33.1 Å². The molecule has 1 saturated heterocycles. The summed E-state index contributed by atoms with van der Waals surface area (Å²) in [6.45, 7) is 3.03. The summed E-state index contributed by atoms with van der Waals surface area (Å²) < 4.78 is 0.236. The van der Waals surface area contributed by atoms with Crippen LogP contribution in [0.25, 0.3) is 0 Å². The van der Waals surface area contributed by atoms with E-state index in [1.54, 1.807) is 5.51 Å². The number of anilines is 1. The molecule has 2 heterocycles. The summed E-state index contributed by atoms with van der Waals surface area (Å²) in [6, 6.07) is 0. The number of carboxylic acids is 1. The third kappa shape index (κ3) is 2.49. The molecular formula is C10H14N2O2S2. The topological polar surface area (TPSA) is 62.2 Å². The van der Waals surface area contributed by atoms with Crippen molar-refractivity contribution in [2.24, 2.45) is 0 Å². The molecule has 0 amide bonds. The first-order valence-electron chi connectivity index (χ1n) is 5.15. The molecule has 1 aliphatic rings. The van der Waals surface area contributed by atoms with Gasteiger partial charge in [0.15, 0.2) is 5.69 Å². The molecule has 0 aliphatic carbocycles. The molecule has 88 valence electrons. The van der Waals surface area contributed by atoms with Gasteiger partial charge < -0.3 is 10.4 Å². The average Bonchev–Trinajstić information content (AvgIpc) is 2.83. The highest BCUT2D eigenvalue weighted by Gasteiger charge is 2.29. The molecule has 0 saturated carbocycles. The van der Waals surface area contributed by atoms with Crippen LogP contribution < -0.4 is 5.32 Å². The number of rotatable bonds is 4. The Bertz CT molecular complexity index is 386. The number of carbonyl (C=O) groups is 1. The van der Waals surface area contributed by atoms with E-state index in [1.165, 1.54) is 29.9 Å². The van der Waals surface area contributed by atoms with Crippen molar-refractivity contribution in [3.63, 3.8) is 0 Å². The van der Waals surface area contributed by atoms with Crippen molar-refractivity contribution in [1.29, 1.82) is 0 Å². The minimum atomic E-state index is -0.965. The Balaban J connectivity index is 1.99. The van der Waals surface area contributed by atoms with E-state index in [2.05, 4.69) is 17.2 Å². The van der Waals surface area contributed by atoms with Crippen LogP contribution in [0.4, 0.5) is 5.00 Å². The van der Waals surface area contributed by atoms with Gasteiger partial charge in [-0.1, -0.05) is 0 Å². The van der Waals surface area contributed by atoms with Crippen molar-refractivity contribution in [2.45, 2.75) is 24.5 Å². The summed E-state index contributed by atoms with van der Waals surface area (Å²) in [5.41, 5.74) is 1.70. The first-order chi connectivity index (χ1) is 7.61. The van der Waals surface area contributed by atoms with Gasteiger partial charge >= 0.3 is 5.97 Å². The highest BCUT2D eigenvalue weighted by molar-refractivity contribution is 8.00. The highest BCUT2D eigenvalue weighted by atomic mass is 32.2. The predicted octanol–water partition coefficient (Wildman–Crippen LogP) is 2.54. The molecule has 1 fully saturated rings. The SMILES string of the molecule is CC1(CNc2scnc2C(=O)O)CCCS1. The zero-order chi connectivity index (χ0) is 11.6. The maximum atomic E-state index is 10.9. The van der Waals surface area contributed by atoms with Gasteiger partial charge in [-0.05, 0) is 25.5 Å². The summed E-state index contributed by atoms with van der Waals surface area (Å²) in [7, 11) is 0. The fourth-order valence-corrected chi connectivity index (χ4v) is 3.68. The normalized spacial score (nSPS) is 24.6. The molecule has 1 unspecified atom stereocenters. The number of carboxylic acid groups (broad SMARTS) is 1. The Hall–Kier alpha value is -0.750. The quantitative estimate of drug-likeness (QED) is 0.869. The zero-order valence-corrected chi connectivity index (χ0v) is 10.7. The predicted molar refractivity (Wildman–Crippen MR) is 67.7 cm³/mol. The molecule has 1 aromatic rings. The van der Waals surface area contributed by atoms with Gasteiger partial charge in [-0.3, -0.25) is 0 Å². The lowest BCUT2D eigenvalue weighted by atomic mass is 10.1. The first-order valence-corrected chi connectivity index (χ1v) is 7.02. The minimum absolute atomic E-state index is 0.136. The van der Waals surface area contributed by atoms with Gasteiger partial charge in [-0.15, -0.1) is 11.3 Å². The van der Waals surface area contributed by atoms with E-state index in [4.69, 9.17) is 5.11 Å². The van der Waals surface area contributed by atoms with Crippen molar-refractivity contribution in [2.75, 3.05) is 17.6 Å². The van der Waals surface area contributed by atoms with Gasteiger partial charge in [0.2, 0.25) is 0 Å². The van der Waals surface area contributed by atoms with E-state index in [0.717, 1.165) is 6.54 Å². The van der Waals surface area contributed by atoms with Crippen molar-refractivity contribution in [3.8, 4) is 0 Å². The van der Waals surface area contributed by atoms with Crippen LogP contribution >= 0.6 is 23.1 Å². The van der Waals surface area contributed by atoms with Crippen molar-refractivity contribution >= 4 is 34.1 Å². The fraction of sp³-hybridized carbons (Fsp3) is 0.600. The summed E-state index contributed by atoms with van der Waals surface area (Å²) in [4.78, 5) is 14.7. The fourth-order valence-electron chi connectivity index (χ4n) is 1.77. The summed E-state index contributed by atoms with van der Waals surface area (Å²) in [5.74, 6) is 0.236. The first kappa shape index (κ1) is 11.7. The van der Waals surface area contributed by atoms with Crippen molar-refractivity contribution in [1.82, 2.24) is 4.98 Å². The molecule has 1 atom stereocenters. The van der Waals surface area contributed by atoms with E-state index >= 15 is 0 Å². The number of thioether (sulfide) groups is 1. The number of nitrogens with zero attached hydrogens (tertiary/aromatic N) is 1. The molecular weight excluding hydrogens is 244 g/mol. The minimum Gasteiger partial charge on any atom is -0.476 e. The number of thiazole rings is 1. The van der Waals surface area contributed by atoms with Gasteiger partial charge in [0.1, 0.15) is 5.00 Å². The van der Waals surface area contributed by atoms with Crippen LogP contribution in [0.3, 0.4) is 0 Å². The highest BCUT2D eigenvalue weighted by Crippen LogP contribution is 2.38. The molecule has 2 N–H and O–H groups in total. The van der Waals surface area contributed by atoms with Crippen LogP contribution in [0.5, 0.6) is 0 Å². The van der Waals surface area contributed by atoms with Crippen molar-refractivity contribution in [3.05, 3.63) is 11.2 Å². The Morgan fingerprint density at radius 2 is 2.56 bits per heavy atom. The van der Waals surface area contributed by atoms with Crippen LogP contribution in [0.2, 0.25) is 0 Å². The largest absolute Gasteiger partial charge is 0.476 e. The Morgan fingerprint density at radius 3 is 3.19 bits per heavy atom. The molecule has 2 rings (SSSR count). The van der Waals surface area contributed by atoms with Crippen LogP contribution in [0, 0.1) is 0 Å². The molecule has 1 aromatic heterocycles. The van der Waals surface area contributed by atoms with Crippen LogP contribution in [-0.2, 0) is 0 Å². The lowest BCUT2D eigenvalue weighted by Gasteiger charge is -2.22. The Kier molecular flexibility index (Phi) is 3.39. The van der Waals surface area contributed by atoms with Crippen LogP contribution in [0.15, 0.2) is 5.51 Å². The summed E-state index contributed by atoms with van der Waals surface area (Å²) >= 11 is 3.30. The average molecular weight is 258 g/mol. The molecule has 0 radical (unpaired) electrons. The lowest BCUT2D eigenvalue weighted by molar-refractivity contribution is 0.0692. The Labute approximate surface area is 102 Å². The summed E-state index contributed by atoms with van der Waals surface area (Å²) in [5, 5.41) is 12.8. The zero-order valence-electron chi connectivity index (χ0n) is 9.02. The second-order valence-electron chi connectivity index (χ2n) is 4.09. The summed E-state index contributed by atoms with van der Waals surface area (Å²) in [6.07, 6.45) is 2.43. The second kappa shape index (κ2) is 4.63. The molecule has 0 spiro atoms. The molecule has 0 aromatic carbocycles. The van der Waals surface area contributed by atoms with E-state index in [1.807, 2.05) is 11.8 Å². The molecule has 6 heteroatoms. The van der Waals surface area contributed by atoms with Crippen molar-refractivity contribution < 1.29 is 9.90 Å². The number of aromatic carboxylic acids is 1. The number of hydrogen-bond donors (Lipinski definition) is 2. The molecule has 4 nitrogen and oxygen atoms in total. The van der Waals surface area contributed by atoms with Gasteiger partial charge in [0.25, 0.3) is 0 Å². The van der Waals surface area contributed by atoms with Gasteiger partial charge in [-0.25, -0.2) is 9.78 Å². The van der Waals surface area contributed by atoms with E-state index < -0.39 is 5.97 Å². The lowest BCUT2D eigenvalue weighted by Crippen LogP contribution is -2.27. The number of nitrogens with one attached hydrogen (secondary N) is 1. The van der Waals surface area contributed by atoms with E-state index in [0.29, 0.717) is 5.00 Å². The maximum absolute atomic E-state index is 10.9. The standard InChI is InChI=1S/C10H14N2O2S2/c1-10(3-2-4-16-10)5-11-8-7(9(13)14)12-6-15-8/h6,11H,2-5H2,1H3,(H,13,14). The Morgan fingerprint density at radius 1 is 1.75 bits per heavy atom. The van der Waals surface area contributed by atoms with E-state index in [-0.39, 0.29) is 10.4 Å². The third-order valence-electron chi connectivity index (χ3n) is 2.69. The van der Waals surface area contributed by atoms with Gasteiger partial charge in [-0.2, -0.15) is 11.8 Å². The second-order valence-corrected chi connectivity index (χ2v) is 6.63. The molecule has 0 bridgehead atoms. The maximum Gasteiger partial charge on any atom is 0.357 e. The molecule has 16 heavy (non-hydrogen) atoms. The van der Waals surface area contributed by atoms with Gasteiger partial charge in [0.05, 0.1) is 5.51 Å². The number of hydrogen-bond acceptors (Lipinski definition) is 5. The van der Waals surface area contributed by atoms with Crippen LogP contribution in [0.1, 0.15) is 30.3 Å². The number of aromatic nitrogens is 1. The van der Waals surface area contributed by atoms with E-state index in [9.17, 15) is 4.79 Å².